The van der Waals surface area contributed by atoms with Crippen molar-refractivity contribution in [3.05, 3.63) is 47.4 Å². The standard InChI is InChI=1S/C33H47F3N2O5S/c1-3-5-6-7-8-11-29(28-17-21-32(28,20-4-2)31(39)37-43-30-12-9-10-24-40-30)44-38-22-18-26(19-23-38)41-25-13-15-27(16-14-25)42-33(34,35)36/h7-8,11,13-16,26,28,30H,3-6,9-10,12,17-24H2,1-2H3,(H,37,39)/b8-7-,29-11+. The smallest absolute Gasteiger partial charge is 0.490 e. The fraction of sp³-hybridized carbons (Fsp3) is 0.667. The zero-order chi connectivity index (χ0) is 31.4. The Balaban J connectivity index is 1.37. The highest BCUT2D eigenvalue weighted by molar-refractivity contribution is 8.00. The van der Waals surface area contributed by atoms with Crippen molar-refractivity contribution < 1.29 is 37.0 Å². The molecule has 3 aliphatic rings. The summed E-state index contributed by atoms with van der Waals surface area (Å²) < 4.78 is 55.4. The molecular weight excluding hydrogens is 593 g/mol. The van der Waals surface area contributed by atoms with Crippen molar-refractivity contribution >= 4 is 17.9 Å². The third kappa shape index (κ3) is 10.2. The number of alkyl halides is 3. The number of ether oxygens (including phenoxy) is 3. The number of piperidine rings is 1. The van der Waals surface area contributed by atoms with Crippen LogP contribution in [-0.2, 0) is 14.4 Å². The lowest BCUT2D eigenvalue weighted by Gasteiger charge is -2.49. The molecule has 1 aliphatic carbocycles. The summed E-state index contributed by atoms with van der Waals surface area (Å²) in [4.78, 5) is 20.6. The molecule has 44 heavy (non-hydrogen) atoms. The van der Waals surface area contributed by atoms with Gasteiger partial charge in [0.25, 0.3) is 0 Å². The molecule has 3 unspecified atom stereocenters. The molecule has 1 N–H and O–H groups in total. The Morgan fingerprint density at radius 3 is 2.45 bits per heavy atom. The monoisotopic (exact) mass is 640 g/mol. The van der Waals surface area contributed by atoms with Gasteiger partial charge in [-0.15, -0.1) is 13.2 Å². The highest BCUT2D eigenvalue weighted by atomic mass is 32.2. The normalized spacial score (nSPS) is 25.5. The maximum atomic E-state index is 13.7. The molecule has 0 spiro atoms. The molecule has 0 radical (unpaired) electrons. The van der Waals surface area contributed by atoms with Gasteiger partial charge in [-0.2, -0.15) is 0 Å². The molecule has 246 valence electrons. The summed E-state index contributed by atoms with van der Waals surface area (Å²) in [7, 11) is 0. The van der Waals surface area contributed by atoms with Crippen LogP contribution in [0.25, 0.3) is 0 Å². The average Bonchev–Trinajstić information content (AvgIpc) is 2.99. The van der Waals surface area contributed by atoms with Gasteiger partial charge >= 0.3 is 6.36 Å². The van der Waals surface area contributed by atoms with E-state index in [1.807, 2.05) is 0 Å². The largest absolute Gasteiger partial charge is 0.573 e. The van der Waals surface area contributed by atoms with E-state index in [1.165, 1.54) is 29.2 Å². The molecule has 1 saturated carbocycles. The first-order valence-corrected chi connectivity index (χ1v) is 16.9. The highest BCUT2D eigenvalue weighted by Gasteiger charge is 2.53. The lowest BCUT2D eigenvalue weighted by molar-refractivity contribution is -0.274. The molecule has 2 aliphatic heterocycles. The van der Waals surface area contributed by atoms with Crippen molar-refractivity contribution in [2.24, 2.45) is 11.3 Å². The van der Waals surface area contributed by atoms with E-state index in [2.05, 4.69) is 46.6 Å². The van der Waals surface area contributed by atoms with Crippen LogP contribution in [0, 0.1) is 11.3 Å². The number of amides is 1. The number of carbonyl (C=O) groups excluding carboxylic acids is 1. The van der Waals surface area contributed by atoms with E-state index in [4.69, 9.17) is 14.3 Å². The number of nitrogens with one attached hydrogen (secondary N) is 1. The Kier molecular flexibility index (Phi) is 13.3. The van der Waals surface area contributed by atoms with Gasteiger partial charge in [-0.25, -0.2) is 14.6 Å². The lowest BCUT2D eigenvalue weighted by atomic mass is 9.57. The van der Waals surface area contributed by atoms with E-state index >= 15 is 0 Å². The minimum atomic E-state index is -4.72. The molecule has 1 aromatic carbocycles. The number of unbranched alkanes of at least 4 members (excludes halogenated alkanes) is 2. The quantitative estimate of drug-likeness (QED) is 0.0893. The summed E-state index contributed by atoms with van der Waals surface area (Å²) in [5, 5.41) is 0. The van der Waals surface area contributed by atoms with E-state index < -0.39 is 11.8 Å². The number of halogens is 3. The minimum absolute atomic E-state index is 0.0320. The molecule has 0 aromatic heterocycles. The van der Waals surface area contributed by atoms with Crippen LogP contribution in [0.3, 0.4) is 0 Å². The van der Waals surface area contributed by atoms with Gasteiger partial charge in [0.2, 0.25) is 5.91 Å². The van der Waals surface area contributed by atoms with Gasteiger partial charge < -0.3 is 14.2 Å². The number of carbonyl (C=O) groups is 1. The molecule has 4 rings (SSSR count). The maximum Gasteiger partial charge on any atom is 0.573 e. The number of allylic oxidation sites excluding steroid dienone is 4. The first kappa shape index (κ1) is 34.7. The van der Waals surface area contributed by atoms with Gasteiger partial charge in [-0.3, -0.25) is 4.79 Å². The third-order valence-corrected chi connectivity index (χ3v) is 9.83. The predicted molar refractivity (Wildman–Crippen MR) is 166 cm³/mol. The fourth-order valence-electron chi connectivity index (χ4n) is 6.10. The van der Waals surface area contributed by atoms with Crippen molar-refractivity contribution in [3.8, 4) is 11.5 Å². The van der Waals surface area contributed by atoms with Gasteiger partial charge in [0.15, 0.2) is 6.29 Å². The van der Waals surface area contributed by atoms with Crippen LogP contribution in [0.5, 0.6) is 11.5 Å². The van der Waals surface area contributed by atoms with Crippen LogP contribution in [-0.4, -0.2) is 48.7 Å². The number of hydroxylamine groups is 1. The topological polar surface area (TPSA) is 69.3 Å². The number of rotatable bonds is 15. The van der Waals surface area contributed by atoms with Crippen molar-refractivity contribution in [2.45, 2.75) is 110 Å². The van der Waals surface area contributed by atoms with E-state index in [-0.39, 0.29) is 30.0 Å². The summed E-state index contributed by atoms with van der Waals surface area (Å²) in [6.07, 6.45) is 12.6. The van der Waals surface area contributed by atoms with Crippen LogP contribution in [0.1, 0.15) is 90.9 Å². The molecular formula is C33H47F3N2O5S. The van der Waals surface area contributed by atoms with Gasteiger partial charge in [0, 0.05) is 36.9 Å². The van der Waals surface area contributed by atoms with Crippen LogP contribution >= 0.6 is 11.9 Å². The SMILES string of the molecule is CCCC/C=C\C=C(\SN1CCC(Oc2ccc(OC(F)(F)F)cc2)CC1)C1CCC1(CCC)C(=O)NOC1CCCCO1. The predicted octanol–water partition coefficient (Wildman–Crippen LogP) is 8.48. The van der Waals surface area contributed by atoms with Crippen LogP contribution in [0.2, 0.25) is 0 Å². The number of benzene rings is 1. The van der Waals surface area contributed by atoms with Crippen molar-refractivity contribution in [3.63, 3.8) is 0 Å². The van der Waals surface area contributed by atoms with Gasteiger partial charge in [-0.1, -0.05) is 51.3 Å². The Hall–Kier alpha value is -2.21. The van der Waals surface area contributed by atoms with Crippen molar-refractivity contribution in [2.75, 3.05) is 19.7 Å². The number of nitrogens with zero attached hydrogens (tertiary/aromatic N) is 1. The summed E-state index contributed by atoms with van der Waals surface area (Å²) in [5.74, 6) is 0.307. The summed E-state index contributed by atoms with van der Waals surface area (Å²) in [6, 6.07) is 5.55. The first-order valence-electron chi connectivity index (χ1n) is 16.1. The van der Waals surface area contributed by atoms with Gasteiger partial charge in [-0.05, 0) is 87.6 Å². The third-order valence-electron chi connectivity index (χ3n) is 8.58. The molecule has 1 amide bonds. The van der Waals surface area contributed by atoms with E-state index in [0.717, 1.165) is 90.1 Å². The first-order chi connectivity index (χ1) is 21.2. The molecule has 7 nitrogen and oxygen atoms in total. The molecule has 0 bridgehead atoms. The van der Waals surface area contributed by atoms with Crippen LogP contribution in [0.15, 0.2) is 47.4 Å². The van der Waals surface area contributed by atoms with E-state index in [0.29, 0.717) is 12.4 Å². The Morgan fingerprint density at radius 2 is 1.84 bits per heavy atom. The summed E-state index contributed by atoms with van der Waals surface area (Å²) in [6.45, 7) is 6.55. The maximum absolute atomic E-state index is 13.7. The molecule has 3 atom stereocenters. The van der Waals surface area contributed by atoms with Gasteiger partial charge in [0.05, 0.1) is 5.41 Å². The zero-order valence-electron chi connectivity index (χ0n) is 25.9. The highest BCUT2D eigenvalue weighted by Crippen LogP contribution is 2.56. The Labute approximate surface area is 264 Å². The second-order valence-corrected chi connectivity index (χ2v) is 13.0. The van der Waals surface area contributed by atoms with Crippen molar-refractivity contribution in [1.29, 1.82) is 0 Å². The molecule has 3 fully saturated rings. The fourth-order valence-corrected chi connectivity index (χ4v) is 7.40. The van der Waals surface area contributed by atoms with Crippen LogP contribution in [0.4, 0.5) is 13.2 Å². The zero-order valence-corrected chi connectivity index (χ0v) is 26.7. The van der Waals surface area contributed by atoms with Crippen LogP contribution < -0.4 is 15.0 Å². The second-order valence-electron chi connectivity index (χ2n) is 11.8. The summed E-state index contributed by atoms with van der Waals surface area (Å²) >= 11 is 1.74. The average molecular weight is 641 g/mol. The van der Waals surface area contributed by atoms with E-state index in [9.17, 15) is 18.0 Å². The molecule has 2 heterocycles. The Morgan fingerprint density at radius 1 is 1.09 bits per heavy atom. The molecule has 1 aromatic rings. The number of hydrogen-bond donors (Lipinski definition) is 1. The minimum Gasteiger partial charge on any atom is -0.490 e. The second kappa shape index (κ2) is 16.9. The Bertz CT molecular complexity index is 1090. The molecule has 2 saturated heterocycles. The lowest BCUT2D eigenvalue weighted by Crippen LogP contribution is -2.53. The summed E-state index contributed by atoms with van der Waals surface area (Å²) in [5.41, 5.74) is 2.27. The van der Waals surface area contributed by atoms with Crippen molar-refractivity contribution in [1.82, 2.24) is 9.79 Å². The van der Waals surface area contributed by atoms with Gasteiger partial charge in [0.1, 0.15) is 17.6 Å². The van der Waals surface area contributed by atoms with E-state index in [1.54, 1.807) is 11.9 Å². The number of hydrogen-bond acceptors (Lipinski definition) is 7. The molecule has 11 heteroatoms.